The van der Waals surface area contributed by atoms with Gasteiger partial charge >= 0.3 is 259 Å². The van der Waals surface area contributed by atoms with E-state index in [1.54, 1.807) is 0 Å². The van der Waals surface area contributed by atoms with E-state index in [-0.39, 0.29) is 236 Å². The van der Waals surface area contributed by atoms with E-state index in [1.165, 1.54) is 0 Å². The van der Waals surface area contributed by atoms with Crippen LogP contribution in [0.2, 0.25) is 0 Å². The second-order valence-electron chi connectivity index (χ2n) is 10.6. The molecule has 26 nitrogen and oxygen atoms in total. The molecule has 0 amide bonds. The van der Waals surface area contributed by atoms with Gasteiger partial charge in [0.15, 0.2) is 0 Å². The molecule has 0 aliphatic rings. The van der Waals surface area contributed by atoms with Crippen molar-refractivity contribution in [2.75, 3.05) is 96.4 Å². The molecular weight excluding hydrogens is 987 g/mol. The second kappa shape index (κ2) is 38.6. The van der Waals surface area contributed by atoms with Gasteiger partial charge in [-0.25, -0.2) is 0 Å². The van der Waals surface area contributed by atoms with Crippen LogP contribution in [0.3, 0.4) is 0 Å². The van der Waals surface area contributed by atoms with Crippen molar-refractivity contribution >= 4 is 53.2 Å². The quantitative estimate of drug-likeness (QED) is 0.0346. The summed E-state index contributed by atoms with van der Waals surface area (Å²) in [5.41, 5.74) is 0. The van der Waals surface area contributed by atoms with Crippen molar-refractivity contribution < 1.29 is 337 Å². The summed E-state index contributed by atoms with van der Waals surface area (Å²) in [7, 11) is -36.4. The average molecular weight is 1020 g/mol. The molecule has 41 heteroatoms. The van der Waals surface area contributed by atoms with Crippen LogP contribution in [-0.4, -0.2) is 150 Å². The monoisotopic (exact) mass is 1020 g/mol. The fourth-order valence-corrected chi connectivity index (χ4v) is 9.68. The number of nitrogens with zero attached hydrogens (tertiary/aromatic N) is 5. The zero-order chi connectivity index (χ0) is 38.0. The molecule has 0 fully saturated rings. The Labute approximate surface area is 501 Å². The predicted molar refractivity (Wildman–Crippen MR) is 149 cm³/mol. The summed E-state index contributed by atoms with van der Waals surface area (Å²) in [6.07, 6.45) is -8.93. The predicted octanol–water partition coefficient (Wildman–Crippen LogP) is -32.6. The van der Waals surface area contributed by atoms with Gasteiger partial charge in [-0.1, -0.05) is 30.4 Å². The molecule has 0 atom stereocenters. The third-order valence-electron chi connectivity index (χ3n) is 5.58. The van der Waals surface area contributed by atoms with Gasteiger partial charge in [0, 0.05) is 77.5 Å². The molecule has 0 saturated heterocycles. The van der Waals surface area contributed by atoms with Crippen LogP contribution in [0.4, 0.5) is 0 Å². The third-order valence-corrected chi connectivity index (χ3v) is 10.9. The van der Waals surface area contributed by atoms with Crippen LogP contribution >= 0.6 is 53.2 Å². The van der Waals surface area contributed by atoms with E-state index in [9.17, 15) is 90.7 Å². The van der Waals surface area contributed by atoms with Crippen molar-refractivity contribution in [1.29, 1.82) is 0 Å². The Morgan fingerprint density at radius 3 is 0.536 bits per heavy atom. The molecular formula is C15H36N5Na8O21P7. The first-order valence-electron chi connectivity index (χ1n) is 12.9. The zero-order valence-electron chi connectivity index (χ0n) is 32.8. The topological polar surface area (TPSA) is 442 Å². The molecule has 0 spiro atoms. The van der Waals surface area contributed by atoms with Gasteiger partial charge in [0.25, 0.3) is 0 Å². The Morgan fingerprint density at radius 2 is 0.393 bits per heavy atom. The maximum Gasteiger partial charge on any atom is 1.00 e. The van der Waals surface area contributed by atoms with Gasteiger partial charge in [0.2, 0.25) is 0 Å². The van der Waals surface area contributed by atoms with Crippen LogP contribution in [0.5, 0.6) is 0 Å². The van der Waals surface area contributed by atoms with Crippen LogP contribution in [-0.2, 0) is 32.0 Å². The number of hydrogen-bond acceptors (Lipinski definition) is 20. The van der Waals surface area contributed by atoms with E-state index in [4.69, 9.17) is 9.79 Å². The maximum atomic E-state index is 11.5. The maximum absolute atomic E-state index is 11.5. The SMILES string of the molecule is O=P([O-])([O-])CN(CCN(CCN(CP(=O)([O-])[O-])CP(=O)(O)O)CP(=O)([O-])[O-])CCN(CCN(CP(=O)(O)O)CP(=O)(O)O)CP(=O)([O-])[O-].[Na+].[Na+].[Na+].[Na+].[Na+].[Na+].[Na+].[Na+]. The summed E-state index contributed by atoms with van der Waals surface area (Å²) < 4.78 is 79.7. The molecule has 0 saturated carbocycles. The summed E-state index contributed by atoms with van der Waals surface area (Å²) in [5, 5.41) is 0. The van der Waals surface area contributed by atoms with Crippen molar-refractivity contribution in [3.8, 4) is 0 Å². The summed E-state index contributed by atoms with van der Waals surface area (Å²) in [5.74, 6) is 0. The molecule has 0 aliphatic heterocycles. The summed E-state index contributed by atoms with van der Waals surface area (Å²) in [4.78, 5) is 150. The first-order chi connectivity index (χ1) is 21.1. The van der Waals surface area contributed by atoms with E-state index in [1.807, 2.05) is 0 Å². The minimum absolute atomic E-state index is 0. The van der Waals surface area contributed by atoms with Gasteiger partial charge < -0.3 is 86.8 Å². The van der Waals surface area contributed by atoms with Gasteiger partial charge in [-0.3, -0.25) is 38.2 Å². The minimum atomic E-state index is -5.42. The fourth-order valence-electron chi connectivity index (χ4n) is 4.02. The van der Waals surface area contributed by atoms with Gasteiger partial charge in [-0.15, -0.1) is 0 Å². The van der Waals surface area contributed by atoms with Gasteiger partial charge in [0.05, 0.1) is 0 Å². The molecule has 0 aromatic heterocycles. The van der Waals surface area contributed by atoms with E-state index < -0.39 is 150 Å². The molecule has 0 rings (SSSR count). The summed E-state index contributed by atoms with van der Waals surface area (Å²) in [6, 6.07) is 0. The van der Waals surface area contributed by atoms with Crippen molar-refractivity contribution in [2.24, 2.45) is 0 Å². The molecule has 0 aliphatic carbocycles. The summed E-state index contributed by atoms with van der Waals surface area (Å²) >= 11 is 0. The Bertz CT molecular complexity index is 1230. The molecule has 0 heterocycles. The molecule has 0 aromatic rings. The van der Waals surface area contributed by atoms with Crippen LogP contribution in [0.1, 0.15) is 0 Å². The molecule has 0 radical (unpaired) electrons. The molecule has 0 aromatic carbocycles. The largest absolute Gasteiger partial charge is 1.00 e. The van der Waals surface area contributed by atoms with Crippen molar-refractivity contribution in [1.82, 2.24) is 24.5 Å². The van der Waals surface area contributed by atoms with Gasteiger partial charge in [0.1, 0.15) is 18.9 Å². The second-order valence-corrected chi connectivity index (χ2v) is 21.4. The van der Waals surface area contributed by atoms with Crippen molar-refractivity contribution in [3.63, 3.8) is 0 Å². The fraction of sp³-hybridized carbons (Fsp3) is 1.00. The van der Waals surface area contributed by atoms with Crippen LogP contribution in [0.15, 0.2) is 0 Å². The van der Waals surface area contributed by atoms with E-state index in [2.05, 4.69) is 0 Å². The van der Waals surface area contributed by atoms with Crippen LogP contribution in [0, 0.1) is 0 Å². The minimum Gasteiger partial charge on any atom is -0.810 e. The Morgan fingerprint density at radius 1 is 0.268 bits per heavy atom. The molecule has 56 heavy (non-hydrogen) atoms. The number of rotatable bonds is 26. The van der Waals surface area contributed by atoms with E-state index in [0.717, 1.165) is 14.7 Å². The Hall–Kier alpha value is 8.85. The molecule has 290 valence electrons. The van der Waals surface area contributed by atoms with Gasteiger partial charge in [-0.2, -0.15) is 0 Å². The van der Waals surface area contributed by atoms with Crippen molar-refractivity contribution in [3.05, 3.63) is 0 Å². The van der Waals surface area contributed by atoms with Crippen LogP contribution in [0.25, 0.3) is 0 Å². The molecule has 6 N–H and O–H groups in total. The third kappa shape index (κ3) is 59.0. The smallest absolute Gasteiger partial charge is 0.810 e. The summed E-state index contributed by atoms with van der Waals surface area (Å²) in [6.45, 7) is -4.99. The number of hydrogen-bond donors (Lipinski definition) is 6. The first kappa shape index (κ1) is 84.8. The standard InChI is InChI=1S/C15H44N5O21P7.8Na/c21-42(22,23)9-16(1-3-17(10-43(24,25)26)5-7-19(12-45(30,31)32)13-46(33,34)35)2-4-18(11-44(27,28)29)6-8-20(14-47(36,37)38)15-48(39,40)41;;;;;;;;/h1-15H2,(H2,21,22,23)(H2,24,25,26)(H2,27,28,29)(H2,30,31,32)(H2,33,34,35)(H2,36,37,38)(H2,39,40,41);;;;;;;;/q;8*+1/p-8. The van der Waals surface area contributed by atoms with E-state index >= 15 is 0 Å². The Kier molecular flexibility index (Phi) is 58.4. The average Bonchev–Trinajstić information content (AvgIpc) is 2.75. The zero-order valence-corrected chi connectivity index (χ0v) is 55.0. The molecule has 0 unspecified atom stereocenters. The normalized spacial score (nSPS) is 12.6. The van der Waals surface area contributed by atoms with Crippen LogP contribution < -0.4 is 276 Å². The van der Waals surface area contributed by atoms with E-state index in [0.29, 0.717) is 9.80 Å². The van der Waals surface area contributed by atoms with Crippen molar-refractivity contribution in [2.45, 2.75) is 0 Å². The Balaban J connectivity index is -0.000000394. The van der Waals surface area contributed by atoms with Gasteiger partial charge in [-0.05, 0) is 0 Å². The molecule has 0 bridgehead atoms. The first-order valence-corrected chi connectivity index (χ1v) is 25.2.